The van der Waals surface area contributed by atoms with E-state index in [0.29, 0.717) is 17.8 Å². The highest BCUT2D eigenvalue weighted by Crippen LogP contribution is 2.39. The Balaban J connectivity index is 1.80. The molecule has 27 heavy (non-hydrogen) atoms. The minimum absolute atomic E-state index is 0.371. The summed E-state index contributed by atoms with van der Waals surface area (Å²) in [7, 11) is 0. The predicted octanol–water partition coefficient (Wildman–Crippen LogP) is 5.09. The smallest absolute Gasteiger partial charge is 0.345 e. The standard InChI is InChI=1S/C24H20O3/c1-24(17-18-11-5-2-6-12-18)26-22(20-15-9-4-10-16-20)21(23(25)27-24)19-13-7-3-8-14-19/h2-16H,17H2,1H3/t24-/m1/s1. The molecule has 1 atom stereocenters. The summed E-state index contributed by atoms with van der Waals surface area (Å²) in [6, 6.07) is 29.1. The molecule has 1 aliphatic rings. The van der Waals surface area contributed by atoms with Crippen LogP contribution in [0.1, 0.15) is 23.6 Å². The highest BCUT2D eigenvalue weighted by atomic mass is 16.7. The zero-order valence-corrected chi connectivity index (χ0v) is 15.1. The van der Waals surface area contributed by atoms with Crippen LogP contribution in [0.2, 0.25) is 0 Å². The molecule has 0 N–H and O–H groups in total. The van der Waals surface area contributed by atoms with Gasteiger partial charge in [0.2, 0.25) is 0 Å². The minimum atomic E-state index is -1.07. The zero-order chi connectivity index (χ0) is 18.7. The second-order valence-corrected chi connectivity index (χ2v) is 6.72. The van der Waals surface area contributed by atoms with Gasteiger partial charge in [-0.2, -0.15) is 0 Å². The second kappa shape index (κ2) is 7.12. The van der Waals surface area contributed by atoms with Crippen molar-refractivity contribution < 1.29 is 14.3 Å². The van der Waals surface area contributed by atoms with E-state index in [1.807, 2.05) is 97.9 Å². The van der Waals surface area contributed by atoms with E-state index in [1.54, 1.807) is 0 Å². The summed E-state index contributed by atoms with van der Waals surface area (Å²) in [5.41, 5.74) is 3.13. The number of carbonyl (C=O) groups is 1. The summed E-state index contributed by atoms with van der Waals surface area (Å²) < 4.78 is 12.1. The molecule has 0 aromatic heterocycles. The highest BCUT2D eigenvalue weighted by molar-refractivity contribution is 6.24. The Morgan fingerprint density at radius 1 is 0.704 bits per heavy atom. The van der Waals surface area contributed by atoms with Crippen molar-refractivity contribution >= 4 is 17.3 Å². The molecule has 0 unspecified atom stereocenters. The van der Waals surface area contributed by atoms with Crippen molar-refractivity contribution in [1.29, 1.82) is 0 Å². The number of esters is 1. The Bertz CT molecular complexity index is 962. The topological polar surface area (TPSA) is 35.5 Å². The van der Waals surface area contributed by atoms with Gasteiger partial charge in [-0.3, -0.25) is 0 Å². The average molecular weight is 356 g/mol. The maximum absolute atomic E-state index is 13.0. The SMILES string of the molecule is C[C@]1(Cc2ccccc2)OC(=O)C(c2ccccc2)=C(c2ccccc2)O1. The lowest BCUT2D eigenvalue weighted by Gasteiger charge is -2.36. The lowest BCUT2D eigenvalue weighted by atomic mass is 9.98. The van der Waals surface area contributed by atoms with Crippen LogP contribution in [0.5, 0.6) is 0 Å². The van der Waals surface area contributed by atoms with E-state index < -0.39 is 5.79 Å². The van der Waals surface area contributed by atoms with E-state index in [4.69, 9.17) is 9.47 Å². The van der Waals surface area contributed by atoms with E-state index in [0.717, 1.165) is 16.7 Å². The van der Waals surface area contributed by atoms with Crippen LogP contribution in [-0.2, 0) is 20.7 Å². The predicted molar refractivity (Wildman–Crippen MR) is 105 cm³/mol. The Morgan fingerprint density at radius 2 is 1.22 bits per heavy atom. The van der Waals surface area contributed by atoms with Crippen molar-refractivity contribution in [3.05, 3.63) is 108 Å². The third-order valence-electron chi connectivity index (χ3n) is 4.52. The molecule has 0 radical (unpaired) electrons. The number of carbonyl (C=O) groups excluding carboxylic acids is 1. The van der Waals surface area contributed by atoms with Crippen molar-refractivity contribution in [3.8, 4) is 0 Å². The Kier molecular flexibility index (Phi) is 4.51. The maximum atomic E-state index is 13.0. The molecule has 3 aromatic rings. The van der Waals surface area contributed by atoms with Crippen LogP contribution in [-0.4, -0.2) is 11.8 Å². The Hall–Kier alpha value is -3.33. The van der Waals surface area contributed by atoms with Crippen LogP contribution in [0.4, 0.5) is 0 Å². The second-order valence-electron chi connectivity index (χ2n) is 6.72. The summed E-state index contributed by atoms with van der Waals surface area (Å²) in [6.45, 7) is 1.81. The fourth-order valence-electron chi connectivity index (χ4n) is 3.31. The van der Waals surface area contributed by atoms with Gasteiger partial charge in [-0.25, -0.2) is 4.79 Å². The number of benzene rings is 3. The zero-order valence-electron chi connectivity index (χ0n) is 15.1. The summed E-state index contributed by atoms with van der Waals surface area (Å²) in [6.07, 6.45) is 0.470. The fourth-order valence-corrected chi connectivity index (χ4v) is 3.31. The monoisotopic (exact) mass is 356 g/mol. The fraction of sp³-hybridized carbons (Fsp3) is 0.125. The van der Waals surface area contributed by atoms with Gasteiger partial charge in [0.1, 0.15) is 11.3 Å². The third-order valence-corrected chi connectivity index (χ3v) is 4.52. The molecule has 3 aromatic carbocycles. The van der Waals surface area contributed by atoms with Crippen molar-refractivity contribution in [2.24, 2.45) is 0 Å². The van der Waals surface area contributed by atoms with Gasteiger partial charge in [-0.1, -0.05) is 91.0 Å². The van der Waals surface area contributed by atoms with Gasteiger partial charge >= 0.3 is 5.97 Å². The lowest BCUT2D eigenvalue weighted by molar-refractivity contribution is -0.198. The van der Waals surface area contributed by atoms with Crippen LogP contribution < -0.4 is 0 Å². The first kappa shape index (κ1) is 17.1. The summed E-state index contributed by atoms with van der Waals surface area (Å²) in [4.78, 5) is 13.0. The summed E-state index contributed by atoms with van der Waals surface area (Å²) >= 11 is 0. The van der Waals surface area contributed by atoms with Crippen molar-refractivity contribution in [3.63, 3.8) is 0 Å². The van der Waals surface area contributed by atoms with Crippen LogP contribution in [0.15, 0.2) is 91.0 Å². The first-order valence-corrected chi connectivity index (χ1v) is 8.96. The van der Waals surface area contributed by atoms with Gasteiger partial charge < -0.3 is 9.47 Å². The number of rotatable bonds is 4. The average Bonchev–Trinajstić information content (AvgIpc) is 2.69. The van der Waals surface area contributed by atoms with Crippen LogP contribution >= 0.6 is 0 Å². The molecule has 0 aliphatic carbocycles. The van der Waals surface area contributed by atoms with E-state index in [2.05, 4.69) is 0 Å². The summed E-state index contributed by atoms with van der Waals surface area (Å²) in [5, 5.41) is 0. The molecule has 3 heteroatoms. The van der Waals surface area contributed by atoms with Crippen molar-refractivity contribution in [2.45, 2.75) is 19.1 Å². The third kappa shape index (κ3) is 3.63. The normalized spacial score (nSPS) is 19.4. The molecule has 0 saturated heterocycles. The molecule has 0 fully saturated rings. The highest BCUT2D eigenvalue weighted by Gasteiger charge is 2.40. The molecule has 0 spiro atoms. The molecular formula is C24H20O3. The van der Waals surface area contributed by atoms with Crippen LogP contribution in [0.3, 0.4) is 0 Å². The van der Waals surface area contributed by atoms with Crippen LogP contribution in [0.25, 0.3) is 11.3 Å². The Labute approximate surface area is 158 Å². The number of hydrogen-bond acceptors (Lipinski definition) is 3. The van der Waals surface area contributed by atoms with Crippen molar-refractivity contribution in [1.82, 2.24) is 0 Å². The van der Waals surface area contributed by atoms with E-state index in [9.17, 15) is 4.79 Å². The Morgan fingerprint density at radius 3 is 1.81 bits per heavy atom. The molecule has 0 amide bonds. The van der Waals surface area contributed by atoms with E-state index >= 15 is 0 Å². The van der Waals surface area contributed by atoms with E-state index in [-0.39, 0.29) is 5.97 Å². The van der Waals surface area contributed by atoms with Gasteiger partial charge in [0.25, 0.3) is 5.79 Å². The molecule has 134 valence electrons. The van der Waals surface area contributed by atoms with Crippen molar-refractivity contribution in [2.75, 3.05) is 0 Å². The van der Waals surface area contributed by atoms with Gasteiger partial charge in [0, 0.05) is 18.9 Å². The number of ether oxygens (including phenoxy) is 2. The molecule has 1 heterocycles. The molecule has 0 saturated carbocycles. The molecule has 0 bridgehead atoms. The summed E-state index contributed by atoms with van der Waals surface area (Å²) in [5.74, 6) is -0.886. The van der Waals surface area contributed by atoms with Gasteiger partial charge in [0.05, 0.1) is 0 Å². The minimum Gasteiger partial charge on any atom is -0.451 e. The van der Waals surface area contributed by atoms with E-state index in [1.165, 1.54) is 0 Å². The maximum Gasteiger partial charge on any atom is 0.345 e. The van der Waals surface area contributed by atoms with Gasteiger partial charge in [0.15, 0.2) is 0 Å². The quantitative estimate of drug-likeness (QED) is 0.611. The van der Waals surface area contributed by atoms with Crippen LogP contribution in [0, 0.1) is 0 Å². The van der Waals surface area contributed by atoms with Gasteiger partial charge in [-0.05, 0) is 11.1 Å². The first-order chi connectivity index (χ1) is 13.1. The molecular weight excluding hydrogens is 336 g/mol. The largest absolute Gasteiger partial charge is 0.451 e. The molecule has 3 nitrogen and oxygen atoms in total. The number of hydrogen-bond donors (Lipinski definition) is 0. The lowest BCUT2D eigenvalue weighted by Crippen LogP contribution is -2.40. The first-order valence-electron chi connectivity index (χ1n) is 8.96. The van der Waals surface area contributed by atoms with Gasteiger partial charge in [-0.15, -0.1) is 0 Å². The molecule has 1 aliphatic heterocycles. The molecule has 4 rings (SSSR count). The number of cyclic esters (lactones) is 1.